The van der Waals surface area contributed by atoms with E-state index in [4.69, 9.17) is 4.74 Å². The number of anilines is 1. The van der Waals surface area contributed by atoms with Gasteiger partial charge in [0.25, 0.3) is 0 Å². The molecule has 7 nitrogen and oxygen atoms in total. The highest BCUT2D eigenvalue weighted by Crippen LogP contribution is 2.29. The standard InChI is InChI=1S/C27H34N4O3/c1-5-34-26(32)24-22(28-27(33)29-25(24)21-11-9-18(2)10-12-21)17-30-13-15-31(16-14-30)23-8-6-7-19(3)20(23)4/h6-12,25H,5,13-17H2,1-4H3,(H2,28,29,33)/t25-/m1/s1. The van der Waals surface area contributed by atoms with E-state index in [0.29, 0.717) is 17.8 Å². The summed E-state index contributed by atoms with van der Waals surface area (Å²) in [7, 11) is 0. The number of piperazine rings is 1. The van der Waals surface area contributed by atoms with Crippen LogP contribution in [0.25, 0.3) is 0 Å². The van der Waals surface area contributed by atoms with Crippen LogP contribution in [0.4, 0.5) is 10.5 Å². The Balaban J connectivity index is 1.56. The van der Waals surface area contributed by atoms with Gasteiger partial charge in [-0.2, -0.15) is 0 Å². The minimum atomic E-state index is -0.542. The summed E-state index contributed by atoms with van der Waals surface area (Å²) in [6.45, 7) is 12.3. The van der Waals surface area contributed by atoms with Crippen molar-refractivity contribution < 1.29 is 14.3 Å². The van der Waals surface area contributed by atoms with Gasteiger partial charge in [0, 0.05) is 44.1 Å². The average Bonchev–Trinajstić information content (AvgIpc) is 2.82. The number of esters is 1. The molecule has 0 unspecified atom stereocenters. The smallest absolute Gasteiger partial charge is 0.338 e. The Hall–Kier alpha value is -3.32. The molecule has 0 aliphatic carbocycles. The molecule has 0 radical (unpaired) electrons. The summed E-state index contributed by atoms with van der Waals surface area (Å²) in [6.07, 6.45) is 0. The molecule has 1 saturated heterocycles. The number of nitrogens with zero attached hydrogens (tertiary/aromatic N) is 2. The Morgan fingerprint density at radius 3 is 2.41 bits per heavy atom. The van der Waals surface area contributed by atoms with Crippen molar-refractivity contribution in [1.82, 2.24) is 15.5 Å². The number of hydrogen-bond acceptors (Lipinski definition) is 5. The minimum absolute atomic E-state index is 0.276. The molecule has 2 amide bonds. The van der Waals surface area contributed by atoms with Crippen molar-refractivity contribution in [3.8, 4) is 0 Å². The summed E-state index contributed by atoms with van der Waals surface area (Å²) in [5.74, 6) is -0.399. The largest absolute Gasteiger partial charge is 0.463 e. The third-order valence-electron chi connectivity index (χ3n) is 6.73. The van der Waals surface area contributed by atoms with Gasteiger partial charge in [-0.25, -0.2) is 9.59 Å². The first kappa shape index (κ1) is 23.8. The van der Waals surface area contributed by atoms with Gasteiger partial charge < -0.3 is 20.3 Å². The van der Waals surface area contributed by atoms with Crippen LogP contribution in [0.5, 0.6) is 0 Å². The molecular formula is C27H34N4O3. The van der Waals surface area contributed by atoms with Gasteiger partial charge in [0.15, 0.2) is 0 Å². The molecule has 1 fully saturated rings. The lowest BCUT2D eigenvalue weighted by Gasteiger charge is -2.38. The molecule has 2 aliphatic rings. The Morgan fingerprint density at radius 2 is 1.74 bits per heavy atom. The molecule has 1 atom stereocenters. The SMILES string of the molecule is CCOC(=O)C1=C(CN2CCN(c3cccc(C)c3C)CC2)NC(=O)N[C@@H]1c1ccc(C)cc1. The number of ether oxygens (including phenoxy) is 1. The lowest BCUT2D eigenvalue weighted by molar-refractivity contribution is -0.139. The predicted molar refractivity (Wildman–Crippen MR) is 134 cm³/mol. The molecule has 2 N–H and O–H groups in total. The summed E-state index contributed by atoms with van der Waals surface area (Å²) < 4.78 is 5.40. The van der Waals surface area contributed by atoms with Crippen molar-refractivity contribution in [3.05, 3.63) is 76.0 Å². The second-order valence-corrected chi connectivity index (χ2v) is 9.04. The zero-order valence-corrected chi connectivity index (χ0v) is 20.5. The lowest BCUT2D eigenvalue weighted by atomic mass is 9.94. The Kier molecular flexibility index (Phi) is 7.22. The molecule has 0 bridgehead atoms. The van der Waals surface area contributed by atoms with Gasteiger partial charge in [-0.3, -0.25) is 4.90 Å². The van der Waals surface area contributed by atoms with Gasteiger partial charge >= 0.3 is 12.0 Å². The second-order valence-electron chi connectivity index (χ2n) is 9.04. The van der Waals surface area contributed by atoms with Gasteiger partial charge in [-0.15, -0.1) is 0 Å². The number of carbonyl (C=O) groups excluding carboxylic acids is 2. The van der Waals surface area contributed by atoms with Crippen LogP contribution in [0.3, 0.4) is 0 Å². The van der Waals surface area contributed by atoms with E-state index in [0.717, 1.165) is 37.3 Å². The number of rotatable bonds is 6. The summed E-state index contributed by atoms with van der Waals surface area (Å²) in [4.78, 5) is 30.3. The lowest BCUT2D eigenvalue weighted by Crippen LogP contribution is -2.52. The van der Waals surface area contributed by atoms with Gasteiger partial charge in [0.2, 0.25) is 0 Å². The normalized spacial score (nSPS) is 19.0. The van der Waals surface area contributed by atoms with Crippen LogP contribution < -0.4 is 15.5 Å². The van der Waals surface area contributed by atoms with Gasteiger partial charge in [-0.1, -0.05) is 42.0 Å². The van der Waals surface area contributed by atoms with E-state index >= 15 is 0 Å². The fourth-order valence-electron chi connectivity index (χ4n) is 4.65. The van der Waals surface area contributed by atoms with Crippen LogP contribution in [0, 0.1) is 20.8 Å². The molecule has 34 heavy (non-hydrogen) atoms. The maximum Gasteiger partial charge on any atom is 0.338 e. The summed E-state index contributed by atoms with van der Waals surface area (Å²) in [6, 6.07) is 13.5. The number of urea groups is 1. The number of nitrogens with one attached hydrogen (secondary N) is 2. The number of hydrogen-bond donors (Lipinski definition) is 2. The minimum Gasteiger partial charge on any atom is -0.463 e. The van der Waals surface area contributed by atoms with E-state index in [1.165, 1.54) is 16.8 Å². The fourth-order valence-corrected chi connectivity index (χ4v) is 4.65. The van der Waals surface area contributed by atoms with Crippen LogP contribution in [0.2, 0.25) is 0 Å². The molecule has 0 aromatic heterocycles. The van der Waals surface area contributed by atoms with E-state index in [9.17, 15) is 9.59 Å². The first-order valence-corrected chi connectivity index (χ1v) is 11.9. The van der Waals surface area contributed by atoms with Crippen molar-refractivity contribution in [2.45, 2.75) is 33.7 Å². The van der Waals surface area contributed by atoms with E-state index in [1.54, 1.807) is 6.92 Å². The maximum atomic E-state index is 13.0. The van der Waals surface area contributed by atoms with Crippen molar-refractivity contribution >= 4 is 17.7 Å². The first-order valence-electron chi connectivity index (χ1n) is 11.9. The Bertz CT molecular complexity index is 1090. The highest BCUT2D eigenvalue weighted by Gasteiger charge is 2.34. The Morgan fingerprint density at radius 1 is 1.03 bits per heavy atom. The van der Waals surface area contributed by atoms with E-state index in [2.05, 4.69) is 52.5 Å². The average molecular weight is 463 g/mol. The van der Waals surface area contributed by atoms with Crippen LogP contribution in [0.1, 0.15) is 35.2 Å². The predicted octanol–water partition coefficient (Wildman–Crippen LogP) is 3.61. The van der Waals surface area contributed by atoms with Crippen molar-refractivity contribution in [1.29, 1.82) is 0 Å². The Labute approximate surface area is 201 Å². The van der Waals surface area contributed by atoms with Crippen molar-refractivity contribution in [2.75, 3.05) is 44.2 Å². The van der Waals surface area contributed by atoms with Crippen LogP contribution in [0.15, 0.2) is 53.7 Å². The zero-order chi connectivity index (χ0) is 24.2. The monoisotopic (exact) mass is 462 g/mol. The zero-order valence-electron chi connectivity index (χ0n) is 20.5. The number of aryl methyl sites for hydroxylation is 2. The fraction of sp³-hybridized carbons (Fsp3) is 0.407. The van der Waals surface area contributed by atoms with Crippen molar-refractivity contribution in [2.24, 2.45) is 0 Å². The summed E-state index contributed by atoms with van der Waals surface area (Å²) >= 11 is 0. The van der Waals surface area contributed by atoms with Gasteiger partial charge in [0.05, 0.1) is 18.2 Å². The molecule has 0 saturated carbocycles. The topological polar surface area (TPSA) is 73.9 Å². The molecule has 180 valence electrons. The molecule has 4 rings (SSSR count). The van der Waals surface area contributed by atoms with Gasteiger partial charge in [0.1, 0.15) is 0 Å². The quantitative estimate of drug-likeness (QED) is 0.642. The van der Waals surface area contributed by atoms with E-state index in [1.807, 2.05) is 31.2 Å². The van der Waals surface area contributed by atoms with Crippen LogP contribution in [-0.4, -0.2) is 56.2 Å². The number of benzene rings is 2. The molecule has 2 aromatic rings. The van der Waals surface area contributed by atoms with E-state index < -0.39 is 12.0 Å². The second kappa shape index (κ2) is 10.3. The van der Waals surface area contributed by atoms with Gasteiger partial charge in [-0.05, 0) is 50.5 Å². The summed E-state index contributed by atoms with van der Waals surface area (Å²) in [5.41, 5.74) is 6.96. The van der Waals surface area contributed by atoms with Crippen molar-refractivity contribution in [3.63, 3.8) is 0 Å². The van der Waals surface area contributed by atoms with Crippen LogP contribution >= 0.6 is 0 Å². The highest BCUT2D eigenvalue weighted by molar-refractivity contribution is 5.95. The third-order valence-corrected chi connectivity index (χ3v) is 6.73. The molecule has 7 heteroatoms. The third kappa shape index (κ3) is 5.09. The number of amides is 2. The summed E-state index contributed by atoms with van der Waals surface area (Å²) in [5, 5.41) is 5.81. The molecule has 2 heterocycles. The molecule has 2 aromatic carbocycles. The maximum absolute atomic E-state index is 13.0. The first-order chi connectivity index (χ1) is 16.4. The molecule has 0 spiro atoms. The molecule has 2 aliphatic heterocycles. The van der Waals surface area contributed by atoms with Crippen LogP contribution in [-0.2, 0) is 9.53 Å². The van der Waals surface area contributed by atoms with E-state index in [-0.39, 0.29) is 12.6 Å². The highest BCUT2D eigenvalue weighted by atomic mass is 16.5. The number of carbonyl (C=O) groups is 2. The molecular weight excluding hydrogens is 428 g/mol.